The third-order valence-corrected chi connectivity index (χ3v) is 4.02. The third kappa shape index (κ3) is 3.40. The average Bonchev–Trinajstić information content (AvgIpc) is 2.76. The largest absolute Gasteiger partial charge is 0.486 e. The number of benzene rings is 1. The Balaban J connectivity index is 2.03. The van der Waals surface area contributed by atoms with Gasteiger partial charge in [0.05, 0.1) is 11.4 Å². The van der Waals surface area contributed by atoms with Crippen molar-refractivity contribution in [2.45, 2.75) is 25.0 Å². The quantitative estimate of drug-likeness (QED) is 0.912. The second-order valence-electron chi connectivity index (χ2n) is 4.56. The lowest BCUT2D eigenvalue weighted by atomic mass is 10.2. The van der Waals surface area contributed by atoms with Crippen molar-refractivity contribution in [2.24, 2.45) is 5.73 Å². The van der Waals surface area contributed by atoms with E-state index in [1.165, 1.54) is 18.4 Å². The van der Waals surface area contributed by atoms with Gasteiger partial charge in [0.1, 0.15) is 23.9 Å². The molecule has 0 unspecified atom stereocenters. The summed E-state index contributed by atoms with van der Waals surface area (Å²) >= 11 is 0. The van der Waals surface area contributed by atoms with E-state index in [-0.39, 0.29) is 11.5 Å². The molecule has 1 aromatic heterocycles. The highest BCUT2D eigenvalue weighted by Gasteiger charge is 2.08. The van der Waals surface area contributed by atoms with Crippen LogP contribution in [0.25, 0.3) is 0 Å². The van der Waals surface area contributed by atoms with E-state index >= 15 is 0 Å². The molecule has 1 heterocycles. The second-order valence-corrected chi connectivity index (χ2v) is 6.57. The van der Waals surface area contributed by atoms with Crippen LogP contribution < -0.4 is 10.5 Å². The van der Waals surface area contributed by atoms with Crippen molar-refractivity contribution in [3.05, 3.63) is 47.4 Å². The minimum atomic E-state index is -3.18. The van der Waals surface area contributed by atoms with Gasteiger partial charge in [-0.05, 0) is 42.8 Å². The first-order valence-corrected chi connectivity index (χ1v) is 8.00. The fourth-order valence-electron chi connectivity index (χ4n) is 1.80. The Morgan fingerprint density at radius 2 is 1.90 bits per heavy atom. The molecule has 2 rings (SSSR count). The van der Waals surface area contributed by atoms with Crippen molar-refractivity contribution >= 4 is 9.84 Å². The lowest BCUT2D eigenvalue weighted by Crippen LogP contribution is -1.98. The van der Waals surface area contributed by atoms with Gasteiger partial charge in [-0.2, -0.15) is 0 Å². The molecule has 0 aliphatic heterocycles. The van der Waals surface area contributed by atoms with E-state index in [4.69, 9.17) is 14.9 Å². The number of rotatable bonds is 5. The van der Waals surface area contributed by atoms with Crippen LogP contribution in [0.4, 0.5) is 0 Å². The van der Waals surface area contributed by atoms with Gasteiger partial charge in [-0.3, -0.25) is 0 Å². The molecule has 20 heavy (non-hydrogen) atoms. The molecule has 0 aliphatic carbocycles. The van der Waals surface area contributed by atoms with E-state index < -0.39 is 9.84 Å². The summed E-state index contributed by atoms with van der Waals surface area (Å²) in [4.78, 5) is 0.268. The van der Waals surface area contributed by atoms with E-state index in [1.807, 2.05) is 13.0 Å². The molecule has 0 amide bonds. The summed E-state index contributed by atoms with van der Waals surface area (Å²) in [5, 5.41) is 0. The highest BCUT2D eigenvalue weighted by atomic mass is 32.2. The lowest BCUT2D eigenvalue weighted by Gasteiger charge is -2.05. The fraction of sp³-hybridized carbons (Fsp3) is 0.286. The topological polar surface area (TPSA) is 82.5 Å². The first-order chi connectivity index (χ1) is 9.40. The van der Waals surface area contributed by atoms with Gasteiger partial charge in [-0.25, -0.2) is 8.42 Å². The molecule has 0 atom stereocenters. The maximum atomic E-state index is 11.3. The van der Waals surface area contributed by atoms with Gasteiger partial charge in [0, 0.05) is 6.26 Å². The van der Waals surface area contributed by atoms with Gasteiger partial charge in [-0.15, -0.1) is 0 Å². The van der Waals surface area contributed by atoms with Gasteiger partial charge in [-0.1, -0.05) is 0 Å². The summed E-state index contributed by atoms with van der Waals surface area (Å²) in [7, 11) is -3.18. The van der Waals surface area contributed by atoms with E-state index in [0.717, 1.165) is 11.3 Å². The van der Waals surface area contributed by atoms with Crippen LogP contribution in [0.15, 0.2) is 39.6 Å². The maximum absolute atomic E-state index is 11.3. The molecule has 5 nitrogen and oxygen atoms in total. The van der Waals surface area contributed by atoms with Gasteiger partial charge < -0.3 is 14.9 Å². The van der Waals surface area contributed by atoms with Crippen LogP contribution in [0.1, 0.15) is 17.1 Å². The summed E-state index contributed by atoms with van der Waals surface area (Å²) in [6.45, 7) is 2.56. The number of hydrogen-bond acceptors (Lipinski definition) is 5. The smallest absolute Gasteiger partial charge is 0.175 e. The van der Waals surface area contributed by atoms with E-state index in [0.29, 0.717) is 18.1 Å². The van der Waals surface area contributed by atoms with Crippen molar-refractivity contribution < 1.29 is 17.6 Å². The first kappa shape index (κ1) is 14.6. The zero-order valence-corrected chi connectivity index (χ0v) is 12.2. The summed E-state index contributed by atoms with van der Waals surface area (Å²) in [5.74, 6) is 2.02. The first-order valence-electron chi connectivity index (χ1n) is 6.11. The number of aryl methyl sites for hydroxylation is 1. The normalized spacial score (nSPS) is 11.6. The standard InChI is InChI=1S/C14H17NO4S/c1-10-7-12(19-14(10)8-15)9-18-11-3-5-13(6-4-11)20(2,16)17/h3-7H,8-9,15H2,1-2H3. The van der Waals surface area contributed by atoms with E-state index in [9.17, 15) is 8.42 Å². The second kappa shape index (κ2) is 5.68. The van der Waals surface area contributed by atoms with E-state index in [1.54, 1.807) is 12.1 Å². The monoisotopic (exact) mass is 295 g/mol. The van der Waals surface area contributed by atoms with Crippen LogP contribution in [0, 0.1) is 6.92 Å². The molecule has 0 radical (unpaired) electrons. The zero-order chi connectivity index (χ0) is 14.8. The summed E-state index contributed by atoms with van der Waals surface area (Å²) in [6.07, 6.45) is 1.17. The van der Waals surface area contributed by atoms with Gasteiger partial charge in [0.15, 0.2) is 9.84 Å². The summed E-state index contributed by atoms with van der Waals surface area (Å²) < 4.78 is 33.7. The Morgan fingerprint density at radius 1 is 1.25 bits per heavy atom. The SMILES string of the molecule is Cc1cc(COc2ccc(S(C)(=O)=O)cc2)oc1CN. The number of furan rings is 1. The Labute approximate surface area is 118 Å². The van der Waals surface area contributed by atoms with Crippen LogP contribution in [-0.4, -0.2) is 14.7 Å². The molecule has 0 aliphatic rings. The zero-order valence-electron chi connectivity index (χ0n) is 11.4. The fourth-order valence-corrected chi connectivity index (χ4v) is 2.43. The minimum absolute atomic E-state index is 0.268. The molecule has 0 saturated carbocycles. The predicted molar refractivity (Wildman–Crippen MR) is 75.2 cm³/mol. The Morgan fingerprint density at radius 3 is 2.40 bits per heavy atom. The van der Waals surface area contributed by atoms with Gasteiger partial charge in [0.2, 0.25) is 0 Å². The van der Waals surface area contributed by atoms with Crippen molar-refractivity contribution in [1.29, 1.82) is 0 Å². The molecule has 2 N–H and O–H groups in total. The molecule has 0 fully saturated rings. The minimum Gasteiger partial charge on any atom is -0.486 e. The average molecular weight is 295 g/mol. The third-order valence-electron chi connectivity index (χ3n) is 2.89. The van der Waals surface area contributed by atoms with Crippen LogP contribution in [0.3, 0.4) is 0 Å². The highest BCUT2D eigenvalue weighted by molar-refractivity contribution is 7.90. The number of ether oxygens (including phenoxy) is 1. The predicted octanol–water partition coefficient (Wildman–Crippen LogP) is 2.03. The van der Waals surface area contributed by atoms with Crippen molar-refractivity contribution in [2.75, 3.05) is 6.26 Å². The molecule has 2 aromatic rings. The number of nitrogens with two attached hydrogens (primary N) is 1. The highest BCUT2D eigenvalue weighted by Crippen LogP contribution is 2.19. The summed E-state index contributed by atoms with van der Waals surface area (Å²) in [6, 6.07) is 8.16. The Bertz CT molecular complexity index is 686. The molecular weight excluding hydrogens is 278 g/mol. The van der Waals surface area contributed by atoms with Gasteiger partial charge in [0.25, 0.3) is 0 Å². The van der Waals surface area contributed by atoms with Crippen LogP contribution in [-0.2, 0) is 23.0 Å². The molecule has 0 spiro atoms. The molecule has 6 heteroatoms. The van der Waals surface area contributed by atoms with Crippen LogP contribution >= 0.6 is 0 Å². The summed E-state index contributed by atoms with van der Waals surface area (Å²) in [5.41, 5.74) is 6.54. The van der Waals surface area contributed by atoms with Crippen LogP contribution in [0.5, 0.6) is 5.75 Å². The van der Waals surface area contributed by atoms with Crippen LogP contribution in [0.2, 0.25) is 0 Å². The van der Waals surface area contributed by atoms with Gasteiger partial charge >= 0.3 is 0 Å². The van der Waals surface area contributed by atoms with Crippen molar-refractivity contribution in [3.8, 4) is 5.75 Å². The van der Waals surface area contributed by atoms with Crippen molar-refractivity contribution in [1.82, 2.24) is 0 Å². The molecule has 0 bridgehead atoms. The Kier molecular flexibility index (Phi) is 4.15. The lowest BCUT2D eigenvalue weighted by molar-refractivity contribution is 0.266. The molecular formula is C14H17NO4S. The number of hydrogen-bond donors (Lipinski definition) is 1. The molecule has 108 valence electrons. The molecule has 1 aromatic carbocycles. The van der Waals surface area contributed by atoms with Crippen molar-refractivity contribution in [3.63, 3.8) is 0 Å². The van der Waals surface area contributed by atoms with E-state index in [2.05, 4.69) is 0 Å². The number of sulfone groups is 1. The maximum Gasteiger partial charge on any atom is 0.175 e. The molecule has 0 saturated heterocycles. The Hall–Kier alpha value is -1.79.